The summed E-state index contributed by atoms with van der Waals surface area (Å²) >= 11 is 13.5. The molecule has 166 valence electrons. The van der Waals surface area contributed by atoms with Gasteiger partial charge in [0.2, 0.25) is 11.8 Å². The molecule has 0 fully saturated rings. The van der Waals surface area contributed by atoms with E-state index in [4.69, 9.17) is 23.2 Å². The molecule has 2 amide bonds. The van der Waals surface area contributed by atoms with Crippen LogP contribution in [0.2, 0.25) is 10.0 Å². The number of nitrogens with one attached hydrogen (secondary N) is 1. The van der Waals surface area contributed by atoms with Gasteiger partial charge < -0.3 is 10.2 Å². The topological polar surface area (TPSA) is 49.4 Å². The van der Waals surface area contributed by atoms with Gasteiger partial charge in [0.15, 0.2) is 0 Å². The molecule has 4 nitrogen and oxygen atoms in total. The van der Waals surface area contributed by atoms with E-state index in [0.717, 1.165) is 16.0 Å². The molecule has 0 unspecified atom stereocenters. The van der Waals surface area contributed by atoms with E-state index in [1.807, 2.05) is 60.7 Å². The molecule has 1 N–H and O–H groups in total. The summed E-state index contributed by atoms with van der Waals surface area (Å²) in [6, 6.07) is 23.7. The first-order chi connectivity index (χ1) is 15.5. The molecule has 0 bridgehead atoms. The van der Waals surface area contributed by atoms with E-state index in [1.54, 1.807) is 30.1 Å². The van der Waals surface area contributed by atoms with Gasteiger partial charge in [0.25, 0.3) is 0 Å². The SMILES string of the molecule is CNC(=O)[C@@H](Cc1ccccc1)N(Cc1cccc(Cl)c1)C(=O)CSc1ccc(Cl)cc1. The molecule has 3 rings (SSSR count). The fourth-order valence-corrected chi connectivity index (χ4v) is 4.43. The van der Waals surface area contributed by atoms with Crippen LogP contribution in [0.15, 0.2) is 83.8 Å². The van der Waals surface area contributed by atoms with E-state index in [0.29, 0.717) is 16.5 Å². The van der Waals surface area contributed by atoms with Crippen molar-refractivity contribution in [3.05, 3.63) is 100 Å². The zero-order valence-electron chi connectivity index (χ0n) is 17.6. The summed E-state index contributed by atoms with van der Waals surface area (Å²) in [4.78, 5) is 28.8. The van der Waals surface area contributed by atoms with Crippen molar-refractivity contribution in [2.45, 2.75) is 23.9 Å². The first-order valence-corrected chi connectivity index (χ1v) is 11.9. The largest absolute Gasteiger partial charge is 0.357 e. The molecule has 0 aliphatic rings. The van der Waals surface area contributed by atoms with Gasteiger partial charge in [-0.05, 0) is 47.5 Å². The van der Waals surface area contributed by atoms with Crippen LogP contribution in [-0.4, -0.2) is 35.6 Å². The highest BCUT2D eigenvalue weighted by atomic mass is 35.5. The Morgan fingerprint density at radius 2 is 1.59 bits per heavy atom. The molecule has 0 aromatic heterocycles. The number of rotatable bonds is 9. The Morgan fingerprint density at radius 1 is 0.906 bits per heavy atom. The molecule has 3 aromatic rings. The average molecular weight is 487 g/mol. The minimum absolute atomic E-state index is 0.130. The summed E-state index contributed by atoms with van der Waals surface area (Å²) in [5.74, 6) is -0.139. The van der Waals surface area contributed by atoms with Gasteiger partial charge in [-0.2, -0.15) is 0 Å². The van der Waals surface area contributed by atoms with Crippen molar-refractivity contribution in [3.8, 4) is 0 Å². The number of halogens is 2. The van der Waals surface area contributed by atoms with Gasteiger partial charge >= 0.3 is 0 Å². The second-order valence-electron chi connectivity index (χ2n) is 7.21. The van der Waals surface area contributed by atoms with Crippen molar-refractivity contribution in [2.75, 3.05) is 12.8 Å². The predicted molar refractivity (Wildman–Crippen MR) is 132 cm³/mol. The molecular formula is C25H24Cl2N2O2S. The number of hydrogen-bond donors (Lipinski definition) is 1. The third-order valence-electron chi connectivity index (χ3n) is 4.94. The molecule has 3 aromatic carbocycles. The van der Waals surface area contributed by atoms with Crippen LogP contribution in [0.25, 0.3) is 0 Å². The Labute approximate surface area is 202 Å². The van der Waals surface area contributed by atoms with E-state index in [-0.39, 0.29) is 24.1 Å². The fourth-order valence-electron chi connectivity index (χ4n) is 3.31. The molecule has 0 heterocycles. The van der Waals surface area contributed by atoms with Gasteiger partial charge in [0.1, 0.15) is 6.04 Å². The van der Waals surface area contributed by atoms with Gasteiger partial charge in [-0.1, -0.05) is 65.7 Å². The third kappa shape index (κ3) is 7.02. The normalized spacial score (nSPS) is 11.6. The van der Waals surface area contributed by atoms with Crippen molar-refractivity contribution in [1.82, 2.24) is 10.2 Å². The van der Waals surface area contributed by atoms with E-state index in [1.165, 1.54) is 11.8 Å². The number of likely N-dealkylation sites (N-methyl/N-ethyl adjacent to an activating group) is 1. The number of carbonyl (C=O) groups excluding carboxylic acids is 2. The minimum Gasteiger partial charge on any atom is -0.357 e. The summed E-state index contributed by atoms with van der Waals surface area (Å²) in [6.45, 7) is 0.283. The Bertz CT molecular complexity index is 1050. The standard InChI is InChI=1S/C25H24Cl2N2O2S/c1-28-25(31)23(15-18-6-3-2-4-7-18)29(16-19-8-5-9-21(27)14-19)24(30)17-32-22-12-10-20(26)11-13-22/h2-14,23H,15-17H2,1H3,(H,28,31)/t23-/m1/s1. The summed E-state index contributed by atoms with van der Waals surface area (Å²) in [5.41, 5.74) is 1.85. The molecule has 0 saturated heterocycles. The van der Waals surface area contributed by atoms with Crippen LogP contribution in [-0.2, 0) is 22.6 Å². The highest BCUT2D eigenvalue weighted by Crippen LogP contribution is 2.23. The first kappa shape index (κ1) is 24.2. The molecule has 32 heavy (non-hydrogen) atoms. The number of benzene rings is 3. The van der Waals surface area contributed by atoms with Crippen LogP contribution in [0.3, 0.4) is 0 Å². The van der Waals surface area contributed by atoms with Crippen LogP contribution in [0.5, 0.6) is 0 Å². The maximum absolute atomic E-state index is 13.4. The lowest BCUT2D eigenvalue weighted by molar-refractivity contribution is -0.139. The van der Waals surface area contributed by atoms with Crippen molar-refractivity contribution >= 4 is 46.8 Å². The van der Waals surface area contributed by atoms with Crippen LogP contribution in [0, 0.1) is 0 Å². The van der Waals surface area contributed by atoms with Crippen molar-refractivity contribution < 1.29 is 9.59 Å². The highest BCUT2D eigenvalue weighted by molar-refractivity contribution is 8.00. The maximum atomic E-state index is 13.4. The van der Waals surface area contributed by atoms with Crippen LogP contribution < -0.4 is 5.32 Å². The summed E-state index contributed by atoms with van der Waals surface area (Å²) in [5, 5.41) is 3.95. The quantitative estimate of drug-likeness (QED) is 0.407. The summed E-state index contributed by atoms with van der Waals surface area (Å²) < 4.78 is 0. The van der Waals surface area contributed by atoms with Crippen LogP contribution in [0.1, 0.15) is 11.1 Å². The Hall–Kier alpha value is -2.47. The minimum atomic E-state index is -0.653. The van der Waals surface area contributed by atoms with Crippen molar-refractivity contribution in [1.29, 1.82) is 0 Å². The number of hydrogen-bond acceptors (Lipinski definition) is 3. The lowest BCUT2D eigenvalue weighted by Crippen LogP contribution is -2.50. The average Bonchev–Trinajstić information content (AvgIpc) is 2.81. The Kier molecular flexibility index (Phi) is 9.03. The van der Waals surface area contributed by atoms with Gasteiger partial charge in [-0.25, -0.2) is 0 Å². The molecule has 1 atom stereocenters. The van der Waals surface area contributed by atoms with E-state index in [2.05, 4.69) is 5.32 Å². The summed E-state index contributed by atoms with van der Waals surface area (Å²) in [7, 11) is 1.59. The highest BCUT2D eigenvalue weighted by Gasteiger charge is 2.29. The number of carbonyl (C=O) groups is 2. The fraction of sp³-hybridized carbons (Fsp3) is 0.200. The van der Waals surface area contributed by atoms with Gasteiger partial charge in [-0.3, -0.25) is 9.59 Å². The molecular weight excluding hydrogens is 463 g/mol. The molecule has 0 aliphatic carbocycles. The zero-order chi connectivity index (χ0) is 22.9. The summed E-state index contributed by atoms with van der Waals surface area (Å²) in [6.07, 6.45) is 0.415. The van der Waals surface area contributed by atoms with Gasteiger partial charge in [-0.15, -0.1) is 11.8 Å². The van der Waals surface area contributed by atoms with E-state index in [9.17, 15) is 9.59 Å². The zero-order valence-corrected chi connectivity index (χ0v) is 20.0. The molecule has 0 aliphatic heterocycles. The van der Waals surface area contributed by atoms with Crippen LogP contribution >= 0.6 is 35.0 Å². The lowest BCUT2D eigenvalue weighted by atomic mass is 10.0. The second kappa shape index (κ2) is 12.0. The van der Waals surface area contributed by atoms with Gasteiger partial charge in [0, 0.05) is 35.0 Å². The maximum Gasteiger partial charge on any atom is 0.242 e. The molecule has 0 saturated carbocycles. The van der Waals surface area contributed by atoms with Crippen molar-refractivity contribution in [3.63, 3.8) is 0 Å². The van der Waals surface area contributed by atoms with Crippen molar-refractivity contribution in [2.24, 2.45) is 0 Å². The lowest BCUT2D eigenvalue weighted by Gasteiger charge is -2.31. The third-order valence-corrected chi connectivity index (χ3v) is 6.42. The van der Waals surface area contributed by atoms with E-state index >= 15 is 0 Å². The Balaban J connectivity index is 1.86. The van der Waals surface area contributed by atoms with E-state index < -0.39 is 6.04 Å². The smallest absolute Gasteiger partial charge is 0.242 e. The predicted octanol–water partition coefficient (Wildman–Crippen LogP) is 5.47. The van der Waals surface area contributed by atoms with Gasteiger partial charge in [0.05, 0.1) is 5.75 Å². The second-order valence-corrected chi connectivity index (χ2v) is 9.14. The molecule has 0 radical (unpaired) electrons. The number of thioether (sulfide) groups is 1. The number of amides is 2. The molecule has 7 heteroatoms. The Morgan fingerprint density at radius 3 is 2.25 bits per heavy atom. The number of nitrogens with zero attached hydrogens (tertiary/aromatic N) is 1. The van der Waals surface area contributed by atoms with Crippen LogP contribution in [0.4, 0.5) is 0 Å². The first-order valence-electron chi connectivity index (χ1n) is 10.1. The molecule has 0 spiro atoms. The monoisotopic (exact) mass is 486 g/mol.